The van der Waals surface area contributed by atoms with E-state index in [1.165, 1.54) is 11.1 Å². The maximum Gasteiger partial charge on any atom is 0.317 e. The van der Waals surface area contributed by atoms with Gasteiger partial charge >= 0.3 is 6.03 Å². The second kappa shape index (κ2) is 12.3. The van der Waals surface area contributed by atoms with E-state index in [2.05, 4.69) is 34.3 Å². The van der Waals surface area contributed by atoms with Gasteiger partial charge < -0.3 is 24.6 Å². The highest BCUT2D eigenvalue weighted by Gasteiger charge is 2.22. The molecule has 2 amide bonds. The van der Waals surface area contributed by atoms with E-state index in [4.69, 9.17) is 9.47 Å². The highest BCUT2D eigenvalue weighted by atomic mass is 16.5. The Balaban J connectivity index is 1.35. The summed E-state index contributed by atoms with van der Waals surface area (Å²) in [4.78, 5) is 21.3. The fourth-order valence-corrected chi connectivity index (χ4v) is 4.35. The van der Waals surface area contributed by atoms with Gasteiger partial charge in [0.2, 0.25) is 5.88 Å². The van der Waals surface area contributed by atoms with Crippen molar-refractivity contribution in [3.63, 3.8) is 0 Å². The Morgan fingerprint density at radius 1 is 1.03 bits per heavy atom. The number of hydrogen-bond acceptors (Lipinski definition) is 5. The Kier molecular flexibility index (Phi) is 9.22. The number of aryl methyl sites for hydroxylation is 3. The lowest BCUT2D eigenvalue weighted by Gasteiger charge is -2.36. The Hall–Kier alpha value is -2.96. The highest BCUT2D eigenvalue weighted by molar-refractivity contribution is 5.74. The summed E-state index contributed by atoms with van der Waals surface area (Å²) < 4.78 is 10.9. The summed E-state index contributed by atoms with van der Waals surface area (Å²) in [6, 6.07) is 10.3. The summed E-state index contributed by atoms with van der Waals surface area (Å²) in [6.45, 7) is 7.93. The van der Waals surface area contributed by atoms with E-state index in [-0.39, 0.29) is 6.03 Å². The van der Waals surface area contributed by atoms with Crippen molar-refractivity contribution in [1.82, 2.24) is 15.2 Å². The van der Waals surface area contributed by atoms with Crippen molar-refractivity contribution < 1.29 is 14.3 Å². The Morgan fingerprint density at radius 2 is 1.79 bits per heavy atom. The van der Waals surface area contributed by atoms with Gasteiger partial charge in [0, 0.05) is 44.0 Å². The molecule has 1 saturated heterocycles. The quantitative estimate of drug-likeness (QED) is 0.545. The molecule has 0 bridgehead atoms. The van der Waals surface area contributed by atoms with Crippen LogP contribution in [0.4, 0.5) is 10.5 Å². The van der Waals surface area contributed by atoms with Crippen LogP contribution < -0.4 is 19.7 Å². The maximum atomic E-state index is 12.6. The van der Waals surface area contributed by atoms with Crippen LogP contribution in [0.1, 0.15) is 43.0 Å². The molecule has 1 fully saturated rings. The molecule has 1 aliphatic rings. The number of pyridine rings is 1. The molecule has 1 aromatic heterocycles. The van der Waals surface area contributed by atoms with Crippen LogP contribution in [0, 0.1) is 6.92 Å². The molecule has 180 valence electrons. The van der Waals surface area contributed by atoms with E-state index < -0.39 is 0 Å². The number of piperazine rings is 1. The van der Waals surface area contributed by atoms with E-state index in [1.807, 2.05) is 30.0 Å². The molecule has 1 N–H and O–H groups in total. The molecule has 1 aromatic carbocycles. The summed E-state index contributed by atoms with van der Waals surface area (Å²) >= 11 is 0. The van der Waals surface area contributed by atoms with Gasteiger partial charge in [-0.2, -0.15) is 0 Å². The number of carbonyl (C=O) groups is 1. The molecular weight excluding hydrogens is 416 g/mol. The SMILES string of the molecule is CCc1cc(CCCCCNC(=O)N2CCN(c3ccccc3OC)CC2)c(OC)nc1C. The van der Waals surface area contributed by atoms with Gasteiger partial charge in [-0.05, 0) is 56.4 Å². The third-order valence-electron chi connectivity index (χ3n) is 6.32. The molecule has 2 heterocycles. The number of hydrogen-bond donors (Lipinski definition) is 1. The van der Waals surface area contributed by atoms with E-state index in [1.54, 1.807) is 14.2 Å². The monoisotopic (exact) mass is 454 g/mol. The average molecular weight is 455 g/mol. The number of para-hydroxylation sites is 2. The maximum absolute atomic E-state index is 12.6. The second-order valence-electron chi connectivity index (χ2n) is 8.44. The van der Waals surface area contributed by atoms with Crippen molar-refractivity contribution in [2.24, 2.45) is 0 Å². The van der Waals surface area contributed by atoms with E-state index in [9.17, 15) is 4.79 Å². The first-order valence-corrected chi connectivity index (χ1v) is 12.0. The molecule has 3 rings (SSSR count). The topological polar surface area (TPSA) is 66.9 Å². The number of methoxy groups -OCH3 is 2. The number of nitrogens with one attached hydrogen (secondary N) is 1. The summed E-state index contributed by atoms with van der Waals surface area (Å²) in [5, 5.41) is 3.08. The van der Waals surface area contributed by atoms with E-state index in [0.717, 1.165) is 68.2 Å². The first-order chi connectivity index (χ1) is 16.1. The average Bonchev–Trinajstić information content (AvgIpc) is 2.86. The number of ether oxygens (including phenoxy) is 2. The van der Waals surface area contributed by atoms with Crippen molar-refractivity contribution in [3.05, 3.63) is 47.2 Å². The number of amides is 2. The summed E-state index contributed by atoms with van der Waals surface area (Å²) in [7, 11) is 3.38. The Bertz CT molecular complexity index is 910. The lowest BCUT2D eigenvalue weighted by molar-refractivity contribution is 0.194. The number of rotatable bonds is 10. The van der Waals surface area contributed by atoms with Crippen molar-refractivity contribution in [2.45, 2.75) is 46.0 Å². The third kappa shape index (κ3) is 6.53. The van der Waals surface area contributed by atoms with Crippen molar-refractivity contribution in [3.8, 4) is 11.6 Å². The normalized spacial score (nSPS) is 13.7. The van der Waals surface area contributed by atoms with E-state index in [0.29, 0.717) is 19.6 Å². The van der Waals surface area contributed by atoms with Gasteiger partial charge in [0.15, 0.2) is 0 Å². The second-order valence-corrected chi connectivity index (χ2v) is 8.44. The number of anilines is 1. The summed E-state index contributed by atoms with van der Waals surface area (Å²) in [5.74, 6) is 1.62. The van der Waals surface area contributed by atoms with Crippen molar-refractivity contribution in [1.29, 1.82) is 0 Å². The zero-order valence-electron chi connectivity index (χ0n) is 20.5. The van der Waals surface area contributed by atoms with Gasteiger partial charge in [-0.1, -0.05) is 25.5 Å². The molecule has 0 radical (unpaired) electrons. The molecule has 7 nitrogen and oxygen atoms in total. The number of urea groups is 1. The molecule has 1 aliphatic heterocycles. The first-order valence-electron chi connectivity index (χ1n) is 12.0. The Morgan fingerprint density at radius 3 is 2.48 bits per heavy atom. The van der Waals surface area contributed by atoms with Crippen LogP contribution in [-0.2, 0) is 12.8 Å². The number of unbranched alkanes of at least 4 members (excludes halogenated alkanes) is 2. The van der Waals surface area contributed by atoms with Gasteiger partial charge in [-0.15, -0.1) is 0 Å². The molecule has 2 aromatic rings. The zero-order chi connectivity index (χ0) is 23.6. The lowest BCUT2D eigenvalue weighted by Crippen LogP contribution is -2.52. The van der Waals surface area contributed by atoms with Crippen LogP contribution in [0.3, 0.4) is 0 Å². The molecule has 0 unspecified atom stereocenters. The van der Waals surface area contributed by atoms with Gasteiger partial charge in [-0.25, -0.2) is 9.78 Å². The van der Waals surface area contributed by atoms with Gasteiger partial charge in [-0.3, -0.25) is 0 Å². The summed E-state index contributed by atoms with van der Waals surface area (Å²) in [5.41, 5.74) is 4.59. The summed E-state index contributed by atoms with van der Waals surface area (Å²) in [6.07, 6.45) is 5.00. The Labute approximate surface area is 198 Å². The number of carbonyl (C=O) groups excluding carboxylic acids is 1. The molecule has 33 heavy (non-hydrogen) atoms. The standard InChI is InChI=1S/C26H38N4O3/c1-5-21-19-22(25(33-4)28-20(21)2)11-7-6-10-14-27-26(31)30-17-15-29(16-18-30)23-12-8-9-13-24(23)32-3/h8-9,12-13,19H,5-7,10-11,14-18H2,1-4H3,(H,27,31). The van der Waals surface area contributed by atoms with Crippen LogP contribution in [-0.4, -0.2) is 62.9 Å². The van der Waals surface area contributed by atoms with E-state index >= 15 is 0 Å². The molecule has 0 saturated carbocycles. The fourth-order valence-electron chi connectivity index (χ4n) is 4.35. The molecule has 0 spiro atoms. The van der Waals surface area contributed by atoms with Crippen LogP contribution >= 0.6 is 0 Å². The largest absolute Gasteiger partial charge is 0.495 e. The minimum Gasteiger partial charge on any atom is -0.495 e. The first kappa shape index (κ1) is 24.7. The molecular formula is C26H38N4O3. The van der Waals surface area contributed by atoms with Crippen molar-refractivity contribution >= 4 is 11.7 Å². The van der Waals surface area contributed by atoms with Gasteiger partial charge in [0.05, 0.1) is 19.9 Å². The number of nitrogens with zero attached hydrogens (tertiary/aromatic N) is 3. The lowest BCUT2D eigenvalue weighted by atomic mass is 10.0. The van der Waals surface area contributed by atoms with Gasteiger partial charge in [0.25, 0.3) is 0 Å². The van der Waals surface area contributed by atoms with Gasteiger partial charge in [0.1, 0.15) is 5.75 Å². The molecule has 0 atom stereocenters. The van der Waals surface area contributed by atoms with Crippen LogP contribution in [0.25, 0.3) is 0 Å². The minimum atomic E-state index is 0.0340. The van der Waals surface area contributed by atoms with Crippen LogP contribution in [0.2, 0.25) is 0 Å². The third-order valence-corrected chi connectivity index (χ3v) is 6.32. The highest BCUT2D eigenvalue weighted by Crippen LogP contribution is 2.28. The molecule has 0 aliphatic carbocycles. The van der Waals surface area contributed by atoms with Crippen molar-refractivity contribution in [2.75, 3.05) is 51.8 Å². The zero-order valence-corrected chi connectivity index (χ0v) is 20.5. The van der Waals surface area contributed by atoms with Crippen LogP contribution in [0.5, 0.6) is 11.6 Å². The van der Waals surface area contributed by atoms with Crippen LogP contribution in [0.15, 0.2) is 30.3 Å². The fraction of sp³-hybridized carbons (Fsp3) is 0.538. The number of aromatic nitrogens is 1. The molecule has 7 heteroatoms. The predicted octanol–water partition coefficient (Wildman–Crippen LogP) is 4.21. The smallest absolute Gasteiger partial charge is 0.317 e. The number of benzene rings is 1. The minimum absolute atomic E-state index is 0.0340. The predicted molar refractivity (Wildman–Crippen MR) is 133 cm³/mol.